The zero-order chi connectivity index (χ0) is 18.4. The van der Waals surface area contributed by atoms with E-state index in [9.17, 15) is 14.4 Å². The Morgan fingerprint density at radius 1 is 1.08 bits per heavy atom. The molecule has 5 nitrogen and oxygen atoms in total. The summed E-state index contributed by atoms with van der Waals surface area (Å²) in [5.41, 5.74) is 1.70. The molecule has 0 atom stereocenters. The fraction of sp³-hybridized carbons (Fsp3) is 0.300. The van der Waals surface area contributed by atoms with Crippen LogP contribution in [-0.2, 0) is 11.3 Å². The number of nitrogens with zero attached hydrogens (tertiary/aromatic N) is 3. The lowest BCUT2D eigenvalue weighted by Crippen LogP contribution is -2.49. The minimum absolute atomic E-state index is 0.0527. The molecule has 1 amide bonds. The van der Waals surface area contributed by atoms with Crippen LogP contribution in [0.3, 0.4) is 0 Å². The van der Waals surface area contributed by atoms with E-state index in [2.05, 4.69) is 11.0 Å². The third-order valence-corrected chi connectivity index (χ3v) is 4.43. The van der Waals surface area contributed by atoms with Crippen LogP contribution in [0.4, 0.5) is 4.39 Å². The van der Waals surface area contributed by atoms with E-state index in [0.717, 1.165) is 18.7 Å². The molecule has 1 aliphatic heterocycles. The van der Waals surface area contributed by atoms with Gasteiger partial charge in [0.05, 0.1) is 11.6 Å². The minimum atomic E-state index is -0.335. The van der Waals surface area contributed by atoms with Crippen LogP contribution < -0.4 is 4.74 Å². The van der Waals surface area contributed by atoms with Gasteiger partial charge < -0.3 is 9.64 Å². The van der Waals surface area contributed by atoms with Crippen molar-refractivity contribution >= 4 is 5.91 Å². The van der Waals surface area contributed by atoms with Gasteiger partial charge in [0.15, 0.2) is 6.61 Å². The average Bonchev–Trinajstić information content (AvgIpc) is 2.68. The summed E-state index contributed by atoms with van der Waals surface area (Å²) in [7, 11) is 0. The summed E-state index contributed by atoms with van der Waals surface area (Å²) in [5.74, 6) is 0.0654. The number of amides is 1. The van der Waals surface area contributed by atoms with E-state index in [1.165, 1.54) is 24.3 Å². The molecule has 26 heavy (non-hydrogen) atoms. The van der Waals surface area contributed by atoms with E-state index >= 15 is 0 Å². The maximum atomic E-state index is 12.9. The van der Waals surface area contributed by atoms with Crippen LogP contribution in [-0.4, -0.2) is 48.5 Å². The van der Waals surface area contributed by atoms with E-state index in [1.807, 2.05) is 24.3 Å². The monoisotopic (exact) mass is 353 g/mol. The van der Waals surface area contributed by atoms with Crippen molar-refractivity contribution in [1.82, 2.24) is 9.80 Å². The molecule has 134 valence electrons. The number of carbonyl (C=O) groups is 1. The van der Waals surface area contributed by atoms with Gasteiger partial charge >= 0.3 is 0 Å². The van der Waals surface area contributed by atoms with Crippen molar-refractivity contribution in [3.8, 4) is 11.8 Å². The number of hydrogen-bond donors (Lipinski definition) is 0. The van der Waals surface area contributed by atoms with Gasteiger partial charge in [0, 0.05) is 32.7 Å². The topological polar surface area (TPSA) is 56.6 Å². The van der Waals surface area contributed by atoms with Crippen molar-refractivity contribution in [2.45, 2.75) is 6.54 Å². The lowest BCUT2D eigenvalue weighted by Gasteiger charge is -2.34. The standard InChI is InChI=1S/C20H20FN3O2/c21-18-5-7-19(8-6-18)26-15-20(25)24-11-9-23(10-12-24)14-17-4-2-1-3-16(17)13-22/h1-8H,9-12,14-15H2. The molecule has 0 saturated carbocycles. The number of benzene rings is 2. The van der Waals surface area contributed by atoms with Crippen molar-refractivity contribution in [3.05, 3.63) is 65.5 Å². The van der Waals surface area contributed by atoms with Gasteiger partial charge in [-0.1, -0.05) is 18.2 Å². The highest BCUT2D eigenvalue weighted by atomic mass is 19.1. The van der Waals surface area contributed by atoms with Crippen LogP contribution in [0.2, 0.25) is 0 Å². The fourth-order valence-electron chi connectivity index (χ4n) is 2.93. The third kappa shape index (κ3) is 4.58. The number of carbonyl (C=O) groups excluding carboxylic acids is 1. The Kier molecular flexibility index (Phi) is 5.82. The van der Waals surface area contributed by atoms with Crippen molar-refractivity contribution in [3.63, 3.8) is 0 Å². The molecule has 0 bridgehead atoms. The number of ether oxygens (including phenoxy) is 1. The predicted octanol–water partition coefficient (Wildman–Crippen LogP) is 2.42. The second-order valence-electron chi connectivity index (χ2n) is 6.17. The second kappa shape index (κ2) is 8.45. The van der Waals surface area contributed by atoms with Crippen molar-refractivity contribution in [1.29, 1.82) is 5.26 Å². The first-order chi connectivity index (χ1) is 12.7. The molecule has 2 aromatic rings. The van der Waals surface area contributed by atoms with Gasteiger partial charge in [-0.05, 0) is 35.9 Å². The lowest BCUT2D eigenvalue weighted by atomic mass is 10.1. The van der Waals surface area contributed by atoms with Gasteiger partial charge in [0.1, 0.15) is 11.6 Å². The Morgan fingerprint density at radius 2 is 1.77 bits per heavy atom. The zero-order valence-corrected chi connectivity index (χ0v) is 14.4. The lowest BCUT2D eigenvalue weighted by molar-refractivity contribution is -0.135. The van der Waals surface area contributed by atoms with Crippen molar-refractivity contribution in [2.24, 2.45) is 0 Å². The predicted molar refractivity (Wildman–Crippen MR) is 94.9 cm³/mol. The average molecular weight is 353 g/mol. The van der Waals surface area contributed by atoms with E-state index < -0.39 is 0 Å². The number of nitriles is 1. The summed E-state index contributed by atoms with van der Waals surface area (Å²) in [4.78, 5) is 16.3. The molecule has 3 rings (SSSR count). The van der Waals surface area contributed by atoms with Crippen LogP contribution in [0.1, 0.15) is 11.1 Å². The summed E-state index contributed by atoms with van der Waals surface area (Å²) < 4.78 is 18.3. The smallest absolute Gasteiger partial charge is 0.260 e. The number of hydrogen-bond acceptors (Lipinski definition) is 4. The van der Waals surface area contributed by atoms with Crippen molar-refractivity contribution in [2.75, 3.05) is 32.8 Å². The SMILES string of the molecule is N#Cc1ccccc1CN1CCN(C(=O)COc2ccc(F)cc2)CC1. The maximum absolute atomic E-state index is 12.9. The molecule has 6 heteroatoms. The van der Waals surface area contributed by atoms with Gasteiger partial charge in [-0.15, -0.1) is 0 Å². The summed E-state index contributed by atoms with van der Waals surface area (Å²) in [6.07, 6.45) is 0. The molecule has 0 N–H and O–H groups in total. The maximum Gasteiger partial charge on any atom is 0.260 e. The van der Waals surface area contributed by atoms with E-state index in [4.69, 9.17) is 4.74 Å². The Bertz CT molecular complexity index is 793. The first-order valence-corrected chi connectivity index (χ1v) is 8.52. The molecule has 1 aliphatic rings. The van der Waals surface area contributed by atoms with E-state index in [0.29, 0.717) is 30.9 Å². The van der Waals surface area contributed by atoms with Crippen LogP contribution in [0, 0.1) is 17.1 Å². The molecule has 1 fully saturated rings. The molecule has 1 saturated heterocycles. The summed E-state index contributed by atoms with van der Waals surface area (Å²) in [6.45, 7) is 3.41. The summed E-state index contributed by atoms with van der Waals surface area (Å²) in [6, 6.07) is 15.4. The van der Waals surface area contributed by atoms with Crippen LogP contribution in [0.15, 0.2) is 48.5 Å². The Hall–Kier alpha value is -2.91. The highest BCUT2D eigenvalue weighted by molar-refractivity contribution is 5.77. The Balaban J connectivity index is 1.46. The Morgan fingerprint density at radius 3 is 2.46 bits per heavy atom. The van der Waals surface area contributed by atoms with Gasteiger partial charge in [0.25, 0.3) is 5.91 Å². The molecule has 0 unspecified atom stereocenters. The Labute approximate surface area is 152 Å². The zero-order valence-electron chi connectivity index (χ0n) is 14.4. The normalized spacial score (nSPS) is 14.7. The fourth-order valence-corrected chi connectivity index (χ4v) is 2.93. The molecule has 0 radical (unpaired) electrons. The highest BCUT2D eigenvalue weighted by Gasteiger charge is 2.22. The first-order valence-electron chi connectivity index (χ1n) is 8.52. The second-order valence-corrected chi connectivity index (χ2v) is 6.17. The number of rotatable bonds is 5. The van der Waals surface area contributed by atoms with Crippen molar-refractivity contribution < 1.29 is 13.9 Å². The van der Waals surface area contributed by atoms with Crippen LogP contribution in [0.25, 0.3) is 0 Å². The molecule has 0 aromatic heterocycles. The molecule has 1 heterocycles. The van der Waals surface area contributed by atoms with E-state index in [1.54, 1.807) is 4.90 Å². The van der Waals surface area contributed by atoms with Gasteiger partial charge in [-0.3, -0.25) is 9.69 Å². The van der Waals surface area contributed by atoms with E-state index in [-0.39, 0.29) is 18.3 Å². The third-order valence-electron chi connectivity index (χ3n) is 4.43. The number of piperazine rings is 1. The quantitative estimate of drug-likeness (QED) is 0.828. The van der Waals surface area contributed by atoms with Gasteiger partial charge in [0.2, 0.25) is 0 Å². The van der Waals surface area contributed by atoms with Gasteiger partial charge in [-0.2, -0.15) is 5.26 Å². The highest BCUT2D eigenvalue weighted by Crippen LogP contribution is 2.14. The number of halogens is 1. The molecule has 0 spiro atoms. The molecule has 0 aliphatic carbocycles. The van der Waals surface area contributed by atoms with Gasteiger partial charge in [-0.25, -0.2) is 4.39 Å². The molecule has 2 aromatic carbocycles. The van der Waals surface area contributed by atoms with Crippen LogP contribution >= 0.6 is 0 Å². The summed E-state index contributed by atoms with van der Waals surface area (Å²) in [5, 5.41) is 9.17. The van der Waals surface area contributed by atoms with Crippen LogP contribution in [0.5, 0.6) is 5.75 Å². The molecular formula is C20H20FN3O2. The first kappa shape index (κ1) is 17.9. The summed E-state index contributed by atoms with van der Waals surface area (Å²) >= 11 is 0. The largest absolute Gasteiger partial charge is 0.484 e. The molecular weight excluding hydrogens is 333 g/mol. The minimum Gasteiger partial charge on any atom is -0.484 e.